The molecule has 0 saturated carbocycles. The van der Waals surface area contributed by atoms with Crippen LogP contribution in [0, 0.1) is 0 Å². The zero-order valence-electron chi connectivity index (χ0n) is 11.0. The van der Waals surface area contributed by atoms with Gasteiger partial charge in [-0.2, -0.15) is 0 Å². The van der Waals surface area contributed by atoms with Crippen LogP contribution in [0.15, 0.2) is 0 Å². The number of hydrogen-bond acceptors (Lipinski definition) is 6. The highest BCUT2D eigenvalue weighted by Gasteiger charge is 2.59. The molecule has 2 unspecified atom stereocenters. The minimum atomic E-state index is -0.395. The minimum Gasteiger partial charge on any atom is -0.372 e. The van der Waals surface area contributed by atoms with Crippen molar-refractivity contribution in [3.63, 3.8) is 0 Å². The van der Waals surface area contributed by atoms with Gasteiger partial charge in [-0.05, 0) is 24.3 Å². The quantitative estimate of drug-likeness (QED) is 0.747. The van der Waals surface area contributed by atoms with Crippen LogP contribution in [0.3, 0.4) is 0 Å². The lowest BCUT2D eigenvalue weighted by Gasteiger charge is -2.47. The van der Waals surface area contributed by atoms with Gasteiger partial charge in [0.05, 0.1) is 18.8 Å². The fourth-order valence-electron chi connectivity index (χ4n) is 3.08. The van der Waals surface area contributed by atoms with Crippen molar-refractivity contribution in [3.8, 4) is 0 Å². The van der Waals surface area contributed by atoms with Crippen molar-refractivity contribution in [3.05, 3.63) is 5.82 Å². The highest BCUT2D eigenvalue weighted by atomic mass is 16.6. The van der Waals surface area contributed by atoms with Crippen molar-refractivity contribution >= 4 is 0 Å². The van der Waals surface area contributed by atoms with E-state index in [9.17, 15) is 0 Å². The first-order valence-corrected chi connectivity index (χ1v) is 6.30. The smallest absolute Gasteiger partial charge is 0.171 e. The molecule has 2 fully saturated rings. The van der Waals surface area contributed by atoms with Gasteiger partial charge in [-0.15, -0.1) is 5.10 Å². The third-order valence-corrected chi connectivity index (χ3v) is 4.14. The molecule has 0 aromatic carbocycles. The van der Waals surface area contributed by atoms with E-state index in [1.54, 1.807) is 4.68 Å². The van der Waals surface area contributed by atoms with Gasteiger partial charge in [0.2, 0.25) is 0 Å². The molecule has 2 aliphatic rings. The molecule has 2 saturated heterocycles. The van der Waals surface area contributed by atoms with Crippen molar-refractivity contribution in [2.75, 3.05) is 19.8 Å². The normalized spacial score (nSPS) is 35.2. The molecule has 2 atom stereocenters. The van der Waals surface area contributed by atoms with Crippen LogP contribution in [-0.2, 0) is 16.5 Å². The average Bonchev–Trinajstić information content (AvgIpc) is 2.86. The van der Waals surface area contributed by atoms with Gasteiger partial charge in [0.1, 0.15) is 11.6 Å². The van der Waals surface area contributed by atoms with Gasteiger partial charge < -0.3 is 14.8 Å². The van der Waals surface area contributed by atoms with Crippen LogP contribution < -0.4 is 5.32 Å². The Morgan fingerprint density at radius 2 is 2.17 bits per heavy atom. The van der Waals surface area contributed by atoms with E-state index in [2.05, 4.69) is 34.7 Å². The fourth-order valence-corrected chi connectivity index (χ4v) is 3.08. The molecule has 1 spiro atoms. The first-order valence-electron chi connectivity index (χ1n) is 6.30. The Balaban J connectivity index is 2.04. The number of nitrogens with one attached hydrogen (secondary N) is 1. The lowest BCUT2D eigenvalue weighted by atomic mass is 9.77. The summed E-state index contributed by atoms with van der Waals surface area (Å²) < 4.78 is 13.7. The van der Waals surface area contributed by atoms with Gasteiger partial charge in [-0.25, -0.2) is 4.68 Å². The molecular formula is C11H19N5O2. The second-order valence-corrected chi connectivity index (χ2v) is 5.39. The maximum absolute atomic E-state index is 6.14. The molecule has 7 heteroatoms. The summed E-state index contributed by atoms with van der Waals surface area (Å²) in [6.45, 7) is 6.34. The van der Waals surface area contributed by atoms with Gasteiger partial charge in [0.25, 0.3) is 0 Å². The van der Waals surface area contributed by atoms with E-state index in [1.165, 1.54) is 0 Å². The van der Waals surface area contributed by atoms with Crippen LogP contribution in [0.2, 0.25) is 0 Å². The maximum Gasteiger partial charge on any atom is 0.171 e. The number of morpholine rings is 1. The third-order valence-electron chi connectivity index (χ3n) is 4.14. The second kappa shape index (κ2) is 3.97. The Labute approximate surface area is 106 Å². The summed E-state index contributed by atoms with van der Waals surface area (Å²) in [5.74, 6) is 0.799. The second-order valence-electron chi connectivity index (χ2n) is 5.39. The van der Waals surface area contributed by atoms with E-state index < -0.39 is 5.60 Å². The molecule has 0 radical (unpaired) electrons. The monoisotopic (exact) mass is 253 g/mol. The van der Waals surface area contributed by atoms with Gasteiger partial charge in [0.15, 0.2) is 5.82 Å². The van der Waals surface area contributed by atoms with Gasteiger partial charge in [-0.3, -0.25) is 0 Å². The zero-order valence-corrected chi connectivity index (χ0v) is 11.0. The Morgan fingerprint density at radius 1 is 1.33 bits per heavy atom. The number of aryl methyl sites for hydroxylation is 1. The van der Waals surface area contributed by atoms with E-state index in [1.807, 2.05) is 7.05 Å². The molecule has 1 aromatic rings. The third kappa shape index (κ3) is 1.51. The molecule has 18 heavy (non-hydrogen) atoms. The highest BCUT2D eigenvalue weighted by Crippen LogP contribution is 2.47. The predicted octanol–water partition coefficient (Wildman–Crippen LogP) is -0.191. The molecular weight excluding hydrogens is 234 g/mol. The maximum atomic E-state index is 6.14. The summed E-state index contributed by atoms with van der Waals surface area (Å²) in [6, 6.07) is -0.0382. The van der Waals surface area contributed by atoms with Gasteiger partial charge in [0, 0.05) is 20.0 Å². The average molecular weight is 253 g/mol. The molecule has 2 aliphatic heterocycles. The van der Waals surface area contributed by atoms with Crippen LogP contribution in [0.25, 0.3) is 0 Å². The number of aromatic nitrogens is 4. The zero-order chi connectivity index (χ0) is 12.8. The van der Waals surface area contributed by atoms with Crippen molar-refractivity contribution < 1.29 is 9.47 Å². The van der Waals surface area contributed by atoms with Crippen molar-refractivity contribution in [2.24, 2.45) is 7.05 Å². The molecule has 1 aromatic heterocycles. The minimum absolute atomic E-state index is 0.0382. The van der Waals surface area contributed by atoms with Crippen LogP contribution in [0.5, 0.6) is 0 Å². The highest BCUT2D eigenvalue weighted by molar-refractivity contribution is 5.15. The molecule has 7 nitrogen and oxygen atoms in total. The Morgan fingerprint density at radius 3 is 2.78 bits per heavy atom. The summed E-state index contributed by atoms with van der Waals surface area (Å²) in [5.41, 5.74) is -0.745. The predicted molar refractivity (Wildman–Crippen MR) is 62.9 cm³/mol. The van der Waals surface area contributed by atoms with Crippen LogP contribution in [-0.4, -0.2) is 51.2 Å². The molecule has 0 bridgehead atoms. The number of rotatable bonds is 1. The SMILES string of the molecule is Cn1nnnc1C1NCCOC12CCOC2(C)C. The lowest BCUT2D eigenvalue weighted by molar-refractivity contribution is -0.173. The number of tetrazole rings is 1. The molecule has 0 aliphatic carbocycles. The largest absolute Gasteiger partial charge is 0.372 e. The lowest BCUT2D eigenvalue weighted by Crippen LogP contribution is -2.61. The van der Waals surface area contributed by atoms with Crippen molar-refractivity contribution in [1.29, 1.82) is 0 Å². The Kier molecular flexibility index (Phi) is 2.65. The van der Waals surface area contributed by atoms with Crippen LogP contribution in [0.4, 0.5) is 0 Å². The van der Waals surface area contributed by atoms with E-state index in [0.29, 0.717) is 13.2 Å². The molecule has 3 heterocycles. The summed E-state index contributed by atoms with van der Waals surface area (Å²) in [4.78, 5) is 0. The van der Waals surface area contributed by atoms with Crippen LogP contribution >= 0.6 is 0 Å². The number of hydrogen-bond donors (Lipinski definition) is 1. The summed E-state index contributed by atoms with van der Waals surface area (Å²) in [5, 5.41) is 15.2. The number of nitrogens with zero attached hydrogens (tertiary/aromatic N) is 4. The molecule has 0 amide bonds. The van der Waals surface area contributed by atoms with E-state index in [0.717, 1.165) is 18.8 Å². The summed E-state index contributed by atoms with van der Waals surface area (Å²) in [6.07, 6.45) is 0.852. The molecule has 1 N–H and O–H groups in total. The fraction of sp³-hybridized carbons (Fsp3) is 0.909. The van der Waals surface area contributed by atoms with Gasteiger partial charge in [-0.1, -0.05) is 0 Å². The standard InChI is InChI=1S/C11H19N5O2/c1-10(2)11(4-6-17-10)8(12-5-7-18-11)9-13-14-15-16(9)3/h8,12H,4-7H2,1-3H3. The molecule has 100 valence electrons. The van der Waals surface area contributed by atoms with Crippen molar-refractivity contribution in [2.45, 2.75) is 37.5 Å². The topological polar surface area (TPSA) is 74.1 Å². The van der Waals surface area contributed by atoms with Crippen LogP contribution in [0.1, 0.15) is 32.1 Å². The van der Waals surface area contributed by atoms with E-state index in [4.69, 9.17) is 9.47 Å². The summed E-state index contributed by atoms with van der Waals surface area (Å²) in [7, 11) is 1.85. The Hall–Kier alpha value is -1.05. The Bertz CT molecular complexity index is 446. The number of ether oxygens (including phenoxy) is 2. The van der Waals surface area contributed by atoms with E-state index >= 15 is 0 Å². The first kappa shape index (κ1) is 12.0. The first-order chi connectivity index (χ1) is 8.57. The van der Waals surface area contributed by atoms with E-state index in [-0.39, 0.29) is 11.6 Å². The van der Waals surface area contributed by atoms with Gasteiger partial charge >= 0.3 is 0 Å². The van der Waals surface area contributed by atoms with Crippen molar-refractivity contribution in [1.82, 2.24) is 25.5 Å². The summed E-state index contributed by atoms with van der Waals surface area (Å²) >= 11 is 0. The molecule has 3 rings (SSSR count).